The largest absolute Gasteiger partial charge is 0.410 e. The molecule has 0 heterocycles. The van der Waals surface area contributed by atoms with Crippen molar-refractivity contribution in [1.82, 2.24) is 0 Å². The number of nitrogens with two attached hydrogens (primary N) is 1. The zero-order chi connectivity index (χ0) is 10.6. The summed E-state index contributed by atoms with van der Waals surface area (Å²) < 4.78 is 4.56. The second kappa shape index (κ2) is 4.22. The molecular formula is C8H9N2O4+. The van der Waals surface area contributed by atoms with Gasteiger partial charge in [-0.25, -0.2) is 9.63 Å². The Balaban J connectivity index is 2.78. The van der Waals surface area contributed by atoms with Crippen molar-refractivity contribution in [3.8, 4) is 5.75 Å². The standard InChI is InChI=1S/C8H8N2O4/c1-13-10(12)6-2-4-7(5-3-6)14-8(9)11/h2-5H,1H3,(H-,9,11)/p+1. The van der Waals surface area contributed by atoms with Gasteiger partial charge in [-0.1, -0.05) is 0 Å². The number of amides is 1. The van der Waals surface area contributed by atoms with E-state index in [0.29, 0.717) is 10.6 Å². The zero-order valence-corrected chi connectivity index (χ0v) is 7.47. The molecule has 0 unspecified atom stereocenters. The number of benzene rings is 1. The predicted octanol–water partition coefficient (Wildman–Crippen LogP) is 1.12. The molecule has 1 amide bonds. The van der Waals surface area contributed by atoms with Crippen molar-refractivity contribution in [2.24, 2.45) is 5.73 Å². The van der Waals surface area contributed by atoms with Crippen molar-refractivity contribution in [1.29, 1.82) is 0 Å². The lowest BCUT2D eigenvalue weighted by molar-refractivity contribution is -0.736. The lowest BCUT2D eigenvalue weighted by Crippen LogP contribution is -2.16. The summed E-state index contributed by atoms with van der Waals surface area (Å²) in [6, 6.07) is 5.75. The van der Waals surface area contributed by atoms with E-state index >= 15 is 0 Å². The molecule has 0 aliphatic heterocycles. The highest BCUT2D eigenvalue weighted by atomic mass is 16.8. The predicted molar refractivity (Wildman–Crippen MR) is 46.9 cm³/mol. The Hall–Kier alpha value is -2.11. The van der Waals surface area contributed by atoms with Gasteiger partial charge < -0.3 is 10.5 Å². The number of hydrogen-bond donors (Lipinski definition) is 1. The van der Waals surface area contributed by atoms with Gasteiger partial charge in [0.25, 0.3) is 4.92 Å². The Morgan fingerprint density at radius 3 is 2.36 bits per heavy atom. The van der Waals surface area contributed by atoms with Crippen molar-refractivity contribution in [3.63, 3.8) is 0 Å². The first-order valence-corrected chi connectivity index (χ1v) is 3.72. The molecule has 14 heavy (non-hydrogen) atoms. The maximum atomic E-state index is 10.9. The van der Waals surface area contributed by atoms with E-state index in [4.69, 9.17) is 5.73 Å². The lowest BCUT2D eigenvalue weighted by atomic mass is 10.3. The van der Waals surface area contributed by atoms with Gasteiger partial charge in [0.1, 0.15) is 5.75 Å². The van der Waals surface area contributed by atoms with Crippen molar-refractivity contribution in [2.45, 2.75) is 0 Å². The molecule has 1 aromatic rings. The van der Waals surface area contributed by atoms with Crippen molar-refractivity contribution in [3.05, 3.63) is 29.2 Å². The first-order valence-electron chi connectivity index (χ1n) is 3.72. The minimum Gasteiger partial charge on any atom is -0.410 e. The van der Waals surface area contributed by atoms with Crippen LogP contribution < -0.4 is 10.5 Å². The summed E-state index contributed by atoms with van der Waals surface area (Å²) in [7, 11) is 1.25. The molecular weight excluding hydrogens is 188 g/mol. The van der Waals surface area contributed by atoms with Crippen LogP contribution in [0.2, 0.25) is 0 Å². The van der Waals surface area contributed by atoms with Crippen LogP contribution >= 0.6 is 0 Å². The lowest BCUT2D eigenvalue weighted by Gasteiger charge is -1.97. The van der Waals surface area contributed by atoms with Crippen LogP contribution in [-0.2, 0) is 4.84 Å². The summed E-state index contributed by atoms with van der Waals surface area (Å²) in [6.45, 7) is 0. The van der Waals surface area contributed by atoms with Gasteiger partial charge in [0.2, 0.25) is 0 Å². The molecule has 0 fully saturated rings. The SMILES string of the molecule is CO[N+](=O)c1ccc(OC(N)=O)cc1. The van der Waals surface area contributed by atoms with Crippen LogP contribution in [0.15, 0.2) is 24.3 Å². The highest BCUT2D eigenvalue weighted by molar-refractivity contribution is 5.68. The first kappa shape index (κ1) is 9.97. The van der Waals surface area contributed by atoms with Gasteiger partial charge in [-0.2, -0.15) is 0 Å². The molecule has 6 nitrogen and oxygen atoms in total. The van der Waals surface area contributed by atoms with Gasteiger partial charge in [0.15, 0.2) is 7.11 Å². The molecule has 0 saturated heterocycles. The van der Waals surface area contributed by atoms with Gasteiger partial charge in [-0.05, 0) is 12.1 Å². The van der Waals surface area contributed by atoms with Crippen LogP contribution in [0.3, 0.4) is 0 Å². The van der Waals surface area contributed by atoms with Crippen LogP contribution in [0, 0.1) is 4.91 Å². The van der Waals surface area contributed by atoms with Crippen LogP contribution in [-0.4, -0.2) is 18.1 Å². The van der Waals surface area contributed by atoms with E-state index < -0.39 is 6.09 Å². The fraction of sp³-hybridized carbons (Fsp3) is 0.125. The summed E-state index contributed by atoms with van der Waals surface area (Å²) >= 11 is 0. The molecule has 0 aliphatic rings. The van der Waals surface area contributed by atoms with E-state index in [-0.39, 0.29) is 5.75 Å². The normalized spacial score (nSPS) is 9.21. The summed E-state index contributed by atoms with van der Waals surface area (Å²) in [6.07, 6.45) is -0.900. The minimum absolute atomic E-state index is 0.269. The molecule has 74 valence electrons. The number of primary amides is 1. The monoisotopic (exact) mass is 197 g/mol. The Bertz CT molecular complexity index is 347. The van der Waals surface area contributed by atoms with E-state index in [2.05, 4.69) is 9.57 Å². The third-order valence-corrected chi connectivity index (χ3v) is 1.43. The average molecular weight is 197 g/mol. The first-order chi connectivity index (χ1) is 6.63. The summed E-state index contributed by atoms with van der Waals surface area (Å²) in [5, 5.41) is 0. The number of carbonyl (C=O) groups is 1. The third-order valence-electron chi connectivity index (χ3n) is 1.43. The quantitative estimate of drug-likeness (QED) is 0.736. The average Bonchev–Trinajstić information content (AvgIpc) is 2.17. The van der Waals surface area contributed by atoms with Gasteiger partial charge in [0.05, 0.1) is 4.91 Å². The highest BCUT2D eigenvalue weighted by Crippen LogP contribution is 2.17. The molecule has 1 aromatic carbocycles. The van der Waals surface area contributed by atoms with Crippen LogP contribution in [0.25, 0.3) is 0 Å². The second-order valence-electron chi connectivity index (χ2n) is 2.35. The van der Waals surface area contributed by atoms with E-state index in [1.165, 1.54) is 31.4 Å². The smallest absolute Gasteiger partial charge is 0.409 e. The molecule has 0 aliphatic carbocycles. The zero-order valence-electron chi connectivity index (χ0n) is 7.47. The summed E-state index contributed by atoms with van der Waals surface area (Å²) in [5.74, 6) is 0.269. The van der Waals surface area contributed by atoms with Crippen molar-refractivity contribution >= 4 is 11.8 Å². The number of rotatable bonds is 3. The maximum absolute atomic E-state index is 10.9. The third kappa shape index (κ3) is 2.44. The number of carbonyl (C=O) groups excluding carboxylic acids is 1. The van der Waals surface area contributed by atoms with E-state index in [9.17, 15) is 9.70 Å². The minimum atomic E-state index is -0.900. The summed E-state index contributed by atoms with van der Waals surface area (Å²) in [4.78, 5) is 26.0. The molecule has 0 aromatic heterocycles. The van der Waals surface area contributed by atoms with Crippen molar-refractivity contribution in [2.75, 3.05) is 7.11 Å². The Morgan fingerprint density at radius 2 is 1.93 bits per heavy atom. The van der Waals surface area contributed by atoms with Crippen LogP contribution in [0.5, 0.6) is 5.75 Å². The van der Waals surface area contributed by atoms with Crippen molar-refractivity contribution < 1.29 is 19.3 Å². The van der Waals surface area contributed by atoms with Gasteiger partial charge >= 0.3 is 11.8 Å². The topological polar surface area (TPSA) is 81.6 Å². The van der Waals surface area contributed by atoms with Gasteiger partial charge in [-0.15, -0.1) is 0 Å². The Labute approximate surface area is 79.7 Å². The van der Waals surface area contributed by atoms with E-state index in [0.717, 1.165) is 0 Å². The van der Waals surface area contributed by atoms with Gasteiger partial charge in [-0.3, -0.25) is 0 Å². The molecule has 0 bridgehead atoms. The fourth-order valence-corrected chi connectivity index (χ4v) is 0.857. The Morgan fingerprint density at radius 1 is 1.36 bits per heavy atom. The molecule has 2 N–H and O–H groups in total. The van der Waals surface area contributed by atoms with E-state index in [1.807, 2.05) is 0 Å². The van der Waals surface area contributed by atoms with Crippen LogP contribution in [0.4, 0.5) is 10.5 Å². The maximum Gasteiger partial charge on any atom is 0.409 e. The number of nitrogens with zero attached hydrogens (tertiary/aromatic N) is 1. The number of hydrogen-bond acceptors (Lipinski definition) is 4. The van der Waals surface area contributed by atoms with E-state index in [1.54, 1.807) is 0 Å². The molecule has 6 heteroatoms. The van der Waals surface area contributed by atoms with Crippen LogP contribution in [0.1, 0.15) is 0 Å². The molecule has 0 spiro atoms. The molecule has 0 radical (unpaired) electrons. The molecule has 0 saturated carbocycles. The molecule has 0 atom stereocenters. The summed E-state index contributed by atoms with van der Waals surface area (Å²) in [5.41, 5.74) is 5.09. The number of ether oxygens (including phenoxy) is 1. The fourth-order valence-electron chi connectivity index (χ4n) is 0.857. The van der Waals surface area contributed by atoms with Gasteiger partial charge in [0, 0.05) is 12.1 Å². The Kier molecular flexibility index (Phi) is 3.01. The highest BCUT2D eigenvalue weighted by Gasteiger charge is 2.13. The molecule has 1 rings (SSSR count). The second-order valence-corrected chi connectivity index (χ2v) is 2.35.